The van der Waals surface area contributed by atoms with E-state index in [-0.39, 0.29) is 18.3 Å². The number of carboxylic acid groups (broad SMARTS) is 1. The average molecular weight is 547 g/mol. The van der Waals surface area contributed by atoms with Crippen LogP contribution in [0.3, 0.4) is 0 Å². The lowest BCUT2D eigenvalue weighted by Crippen LogP contribution is -2.43. The standard InChI is InChI=1S/C25H21BrClNO4S/c26-16-10-9-15(22(27)11-16)13-33-14-23(24(29)30)28-25(31)32-12-21-19-7-3-1-5-17(19)18-6-2-4-8-20(18)21/h1-11,21,23H,12-14H2,(H,28,31)(H,29,30). The zero-order valence-corrected chi connectivity index (χ0v) is 20.6. The van der Waals surface area contributed by atoms with Gasteiger partial charge in [0.25, 0.3) is 0 Å². The Kier molecular flexibility index (Phi) is 7.63. The summed E-state index contributed by atoms with van der Waals surface area (Å²) in [6, 6.07) is 20.6. The summed E-state index contributed by atoms with van der Waals surface area (Å²) in [5, 5.41) is 12.6. The van der Waals surface area contributed by atoms with Gasteiger partial charge in [0.2, 0.25) is 0 Å². The van der Waals surface area contributed by atoms with Crippen molar-refractivity contribution in [1.29, 1.82) is 0 Å². The van der Waals surface area contributed by atoms with Crippen molar-refractivity contribution in [1.82, 2.24) is 5.32 Å². The number of carbonyl (C=O) groups is 2. The van der Waals surface area contributed by atoms with Gasteiger partial charge < -0.3 is 15.2 Å². The molecule has 3 aromatic carbocycles. The number of thioether (sulfide) groups is 1. The summed E-state index contributed by atoms with van der Waals surface area (Å²) in [6.07, 6.45) is -0.744. The minimum Gasteiger partial charge on any atom is -0.480 e. The van der Waals surface area contributed by atoms with E-state index in [2.05, 4.69) is 33.4 Å². The number of carboxylic acids is 1. The van der Waals surface area contributed by atoms with Gasteiger partial charge in [0, 0.05) is 26.9 Å². The summed E-state index contributed by atoms with van der Waals surface area (Å²) < 4.78 is 6.34. The van der Waals surface area contributed by atoms with E-state index >= 15 is 0 Å². The maximum atomic E-state index is 12.4. The molecule has 0 spiro atoms. The molecule has 0 bridgehead atoms. The molecule has 0 fully saturated rings. The quantitative estimate of drug-likeness (QED) is 0.345. The minimum atomic E-state index is -1.11. The number of hydrogen-bond acceptors (Lipinski definition) is 4. The fraction of sp³-hybridized carbons (Fsp3) is 0.200. The molecule has 1 atom stereocenters. The Hall–Kier alpha value is -2.48. The minimum absolute atomic E-state index is 0.0830. The molecule has 1 aliphatic carbocycles. The van der Waals surface area contributed by atoms with E-state index in [1.54, 1.807) is 6.07 Å². The van der Waals surface area contributed by atoms with Crippen molar-refractivity contribution in [2.24, 2.45) is 0 Å². The van der Waals surface area contributed by atoms with Gasteiger partial charge in [-0.15, -0.1) is 0 Å². The zero-order chi connectivity index (χ0) is 23.4. The van der Waals surface area contributed by atoms with E-state index < -0.39 is 18.1 Å². The smallest absolute Gasteiger partial charge is 0.407 e. The van der Waals surface area contributed by atoms with Crippen molar-refractivity contribution < 1.29 is 19.4 Å². The molecule has 1 amide bonds. The third kappa shape index (κ3) is 5.54. The molecule has 4 rings (SSSR count). The van der Waals surface area contributed by atoms with Gasteiger partial charge in [-0.2, -0.15) is 11.8 Å². The van der Waals surface area contributed by atoms with Crippen LogP contribution in [0.5, 0.6) is 0 Å². The highest BCUT2D eigenvalue weighted by Crippen LogP contribution is 2.44. The van der Waals surface area contributed by atoms with Crippen LogP contribution < -0.4 is 5.32 Å². The van der Waals surface area contributed by atoms with Gasteiger partial charge in [-0.1, -0.05) is 82.1 Å². The van der Waals surface area contributed by atoms with Crippen LogP contribution in [-0.2, 0) is 15.3 Å². The Morgan fingerprint density at radius 3 is 2.30 bits per heavy atom. The van der Waals surface area contributed by atoms with Crippen LogP contribution in [0.1, 0.15) is 22.6 Å². The molecule has 33 heavy (non-hydrogen) atoms. The third-order valence-electron chi connectivity index (χ3n) is 5.49. The molecule has 0 saturated carbocycles. The number of carbonyl (C=O) groups excluding carboxylic acids is 1. The number of nitrogens with one attached hydrogen (secondary N) is 1. The zero-order valence-electron chi connectivity index (χ0n) is 17.5. The molecule has 1 aliphatic rings. The van der Waals surface area contributed by atoms with Crippen LogP contribution in [0.25, 0.3) is 11.1 Å². The molecule has 170 valence electrons. The Bertz CT molecular complexity index is 1140. The van der Waals surface area contributed by atoms with E-state index in [1.807, 2.05) is 48.5 Å². The largest absolute Gasteiger partial charge is 0.480 e. The number of aliphatic carboxylic acids is 1. The number of alkyl carbamates (subject to hydrolysis) is 1. The van der Waals surface area contributed by atoms with Gasteiger partial charge in [0.1, 0.15) is 12.6 Å². The number of rotatable bonds is 8. The first-order chi connectivity index (χ1) is 15.9. The van der Waals surface area contributed by atoms with Gasteiger partial charge in [0.15, 0.2) is 0 Å². The molecule has 2 N–H and O–H groups in total. The summed E-state index contributed by atoms with van der Waals surface area (Å²) in [4.78, 5) is 24.1. The molecule has 1 unspecified atom stereocenters. The number of amides is 1. The maximum absolute atomic E-state index is 12.4. The third-order valence-corrected chi connectivity index (χ3v) is 7.42. The first-order valence-corrected chi connectivity index (χ1v) is 12.6. The normalized spacial score (nSPS) is 13.2. The Morgan fingerprint density at radius 1 is 1.06 bits per heavy atom. The van der Waals surface area contributed by atoms with Crippen molar-refractivity contribution in [3.63, 3.8) is 0 Å². The lowest BCUT2D eigenvalue weighted by atomic mass is 9.98. The molecule has 3 aromatic rings. The van der Waals surface area contributed by atoms with Crippen LogP contribution in [0.15, 0.2) is 71.2 Å². The number of ether oxygens (including phenoxy) is 1. The van der Waals surface area contributed by atoms with Gasteiger partial charge in [-0.25, -0.2) is 9.59 Å². The van der Waals surface area contributed by atoms with Gasteiger partial charge in [0.05, 0.1) is 0 Å². The highest BCUT2D eigenvalue weighted by molar-refractivity contribution is 9.10. The summed E-state index contributed by atoms with van der Waals surface area (Å²) in [6.45, 7) is 0.133. The predicted octanol–water partition coefficient (Wildman–Crippen LogP) is 6.33. The Labute approximate surface area is 209 Å². The van der Waals surface area contributed by atoms with Crippen molar-refractivity contribution in [2.75, 3.05) is 12.4 Å². The lowest BCUT2D eigenvalue weighted by molar-refractivity contribution is -0.138. The summed E-state index contributed by atoms with van der Waals surface area (Å²) in [5.41, 5.74) is 5.36. The van der Waals surface area contributed by atoms with Crippen LogP contribution in [0.4, 0.5) is 4.79 Å². The topological polar surface area (TPSA) is 75.6 Å². The molecular weight excluding hydrogens is 526 g/mol. The molecule has 0 heterocycles. The van der Waals surface area contributed by atoms with Gasteiger partial charge in [-0.05, 0) is 39.9 Å². The maximum Gasteiger partial charge on any atom is 0.407 e. The lowest BCUT2D eigenvalue weighted by Gasteiger charge is -2.17. The molecule has 0 aliphatic heterocycles. The summed E-state index contributed by atoms with van der Waals surface area (Å²) >= 11 is 11.0. The van der Waals surface area contributed by atoms with E-state index in [1.165, 1.54) is 11.8 Å². The Balaban J connectivity index is 1.34. The molecule has 5 nitrogen and oxygen atoms in total. The van der Waals surface area contributed by atoms with Gasteiger partial charge in [-0.3, -0.25) is 0 Å². The van der Waals surface area contributed by atoms with Crippen LogP contribution in [0.2, 0.25) is 5.02 Å². The number of hydrogen-bond donors (Lipinski definition) is 2. The highest BCUT2D eigenvalue weighted by Gasteiger charge is 2.29. The van der Waals surface area contributed by atoms with E-state index in [0.29, 0.717) is 10.8 Å². The average Bonchev–Trinajstić information content (AvgIpc) is 3.12. The molecule has 0 saturated heterocycles. The first-order valence-electron chi connectivity index (χ1n) is 10.3. The second-order valence-corrected chi connectivity index (χ2v) is 9.96. The summed E-state index contributed by atoms with van der Waals surface area (Å²) in [5.74, 6) is -0.480. The molecule has 8 heteroatoms. The second kappa shape index (κ2) is 10.6. The van der Waals surface area contributed by atoms with E-state index in [4.69, 9.17) is 16.3 Å². The highest BCUT2D eigenvalue weighted by atomic mass is 79.9. The summed E-state index contributed by atoms with van der Waals surface area (Å²) in [7, 11) is 0. The van der Waals surface area contributed by atoms with E-state index in [0.717, 1.165) is 32.3 Å². The molecule has 0 radical (unpaired) electrons. The SMILES string of the molecule is O=C(NC(CSCc1ccc(Br)cc1Cl)C(=O)O)OCC1c2ccccc2-c2ccccc21. The van der Waals surface area contributed by atoms with Gasteiger partial charge >= 0.3 is 12.1 Å². The predicted molar refractivity (Wildman–Crippen MR) is 135 cm³/mol. The fourth-order valence-electron chi connectivity index (χ4n) is 3.88. The van der Waals surface area contributed by atoms with Crippen LogP contribution >= 0.6 is 39.3 Å². The van der Waals surface area contributed by atoms with Crippen LogP contribution in [0, 0.1) is 0 Å². The van der Waals surface area contributed by atoms with Crippen molar-refractivity contribution in [3.05, 3.63) is 92.9 Å². The second-order valence-electron chi connectivity index (χ2n) is 7.61. The number of fused-ring (bicyclic) bond motifs is 3. The molecule has 0 aromatic heterocycles. The van der Waals surface area contributed by atoms with Crippen molar-refractivity contribution in [3.8, 4) is 11.1 Å². The number of benzene rings is 3. The Morgan fingerprint density at radius 2 is 1.70 bits per heavy atom. The number of halogens is 2. The van der Waals surface area contributed by atoms with E-state index in [9.17, 15) is 14.7 Å². The molecular formula is C25H21BrClNO4S. The monoisotopic (exact) mass is 545 g/mol. The van der Waals surface area contributed by atoms with Crippen LogP contribution in [-0.4, -0.2) is 35.6 Å². The first kappa shape index (κ1) is 23.7. The van der Waals surface area contributed by atoms with Crippen molar-refractivity contribution in [2.45, 2.75) is 17.7 Å². The fourth-order valence-corrected chi connectivity index (χ4v) is 5.75. The van der Waals surface area contributed by atoms with Crippen molar-refractivity contribution >= 4 is 51.4 Å².